The Morgan fingerprint density at radius 3 is 2.31 bits per heavy atom. The van der Waals surface area contributed by atoms with Crippen molar-refractivity contribution in [2.75, 3.05) is 0 Å². The van der Waals surface area contributed by atoms with Crippen molar-refractivity contribution in [3.8, 4) is 0 Å². The molecule has 0 radical (unpaired) electrons. The fraction of sp³-hybridized carbons (Fsp3) is 0.550. The lowest BCUT2D eigenvalue weighted by Gasteiger charge is -2.46. The molecule has 2 aliphatic rings. The van der Waals surface area contributed by atoms with Gasteiger partial charge >= 0.3 is 5.97 Å². The number of esters is 1. The van der Waals surface area contributed by atoms with Crippen molar-refractivity contribution in [2.24, 2.45) is 0 Å². The molecule has 5 nitrogen and oxygen atoms in total. The van der Waals surface area contributed by atoms with Crippen LogP contribution >= 0.6 is 0 Å². The van der Waals surface area contributed by atoms with Crippen molar-refractivity contribution < 1.29 is 23.8 Å². The molecular weight excluding hydrogens is 348 g/mol. The Balaban J connectivity index is 1.84. The quantitative estimate of drug-likeness (QED) is 0.496. The van der Waals surface area contributed by atoms with E-state index in [0.29, 0.717) is 5.56 Å². The minimum absolute atomic E-state index is 0.00882. The van der Waals surface area contributed by atoms with Crippen LogP contribution in [0.1, 0.15) is 31.1 Å². The molecular formula is C20H28O5Si. The van der Waals surface area contributed by atoms with Crippen LogP contribution < -0.4 is 0 Å². The predicted molar refractivity (Wildman–Crippen MR) is 102 cm³/mol. The summed E-state index contributed by atoms with van der Waals surface area (Å²) in [6.07, 6.45) is 0.714. The average molecular weight is 377 g/mol. The Bertz CT molecular complexity index is 679. The third-order valence-corrected chi connectivity index (χ3v) is 10.1. The van der Waals surface area contributed by atoms with Gasteiger partial charge in [0.05, 0.1) is 5.56 Å². The number of carbonyl (C=O) groups excluding carboxylic acids is 1. The summed E-state index contributed by atoms with van der Waals surface area (Å²) < 4.78 is 18.1. The number of hydrogen-bond donors (Lipinski definition) is 1. The molecule has 5 atom stereocenters. The van der Waals surface area contributed by atoms with Crippen molar-refractivity contribution in [2.45, 2.75) is 69.4 Å². The second-order valence-electron chi connectivity index (χ2n) is 8.52. The summed E-state index contributed by atoms with van der Waals surface area (Å²) >= 11 is 0. The van der Waals surface area contributed by atoms with Crippen molar-refractivity contribution in [1.29, 1.82) is 0 Å². The molecule has 2 heterocycles. The van der Waals surface area contributed by atoms with Crippen molar-refractivity contribution in [3.05, 3.63) is 48.0 Å². The smallest absolute Gasteiger partial charge is 0.338 e. The van der Waals surface area contributed by atoms with Crippen LogP contribution in [0, 0.1) is 0 Å². The van der Waals surface area contributed by atoms with E-state index >= 15 is 0 Å². The summed E-state index contributed by atoms with van der Waals surface area (Å²) in [5.41, 5.74) is 0.456. The highest BCUT2D eigenvalue weighted by Crippen LogP contribution is 2.41. The number of hydrogen-bond acceptors (Lipinski definition) is 5. The molecule has 0 spiro atoms. The van der Waals surface area contributed by atoms with Gasteiger partial charge in [-0.2, -0.15) is 0 Å². The number of fused-ring (bicyclic) bond motifs is 2. The zero-order valence-electron chi connectivity index (χ0n) is 16.0. The number of aliphatic hydroxyl groups excluding tert-OH is 1. The first kappa shape index (κ1) is 19.3. The zero-order chi connectivity index (χ0) is 19.1. The average Bonchev–Trinajstić information content (AvgIpc) is 3.02. The Labute approximate surface area is 156 Å². The molecule has 26 heavy (non-hydrogen) atoms. The SMILES string of the molecule is CC(C)(C)[Si](C)(C)O[C@H]1[C@@H](OC(=O)c2ccccc2)[C@@H](O)[C@@H]2C=C[C@H]1O2. The van der Waals surface area contributed by atoms with Crippen molar-refractivity contribution in [3.63, 3.8) is 0 Å². The molecule has 1 aromatic rings. The van der Waals surface area contributed by atoms with E-state index in [4.69, 9.17) is 13.9 Å². The van der Waals surface area contributed by atoms with Gasteiger partial charge in [-0.1, -0.05) is 51.1 Å². The lowest BCUT2D eigenvalue weighted by atomic mass is 9.99. The first-order valence-electron chi connectivity index (χ1n) is 9.06. The monoisotopic (exact) mass is 376 g/mol. The first-order valence-corrected chi connectivity index (χ1v) is 12.0. The Kier molecular flexibility index (Phi) is 5.14. The van der Waals surface area contributed by atoms with Crippen LogP contribution in [0.5, 0.6) is 0 Å². The van der Waals surface area contributed by atoms with E-state index in [1.54, 1.807) is 24.3 Å². The molecule has 6 heteroatoms. The summed E-state index contributed by atoms with van der Waals surface area (Å²) in [5.74, 6) is -0.459. The van der Waals surface area contributed by atoms with E-state index in [-0.39, 0.29) is 11.1 Å². The Hall–Kier alpha value is -1.47. The lowest BCUT2D eigenvalue weighted by Crippen LogP contribution is -2.60. The van der Waals surface area contributed by atoms with E-state index in [2.05, 4.69) is 33.9 Å². The molecule has 142 valence electrons. The van der Waals surface area contributed by atoms with E-state index < -0.39 is 38.7 Å². The van der Waals surface area contributed by atoms with E-state index in [9.17, 15) is 9.90 Å². The van der Waals surface area contributed by atoms with E-state index in [1.807, 2.05) is 18.2 Å². The van der Waals surface area contributed by atoms with Crippen LogP contribution in [0.25, 0.3) is 0 Å². The minimum atomic E-state index is -2.15. The predicted octanol–water partition coefficient (Wildman–Crippen LogP) is 3.30. The maximum Gasteiger partial charge on any atom is 0.338 e. The van der Waals surface area contributed by atoms with Gasteiger partial charge in [0.1, 0.15) is 24.4 Å². The van der Waals surface area contributed by atoms with Crippen LogP contribution in [0.15, 0.2) is 42.5 Å². The minimum Gasteiger partial charge on any atom is -0.453 e. The molecule has 0 saturated carbocycles. The van der Waals surface area contributed by atoms with Gasteiger partial charge in [0.15, 0.2) is 14.4 Å². The summed E-state index contributed by atoms with van der Waals surface area (Å²) in [5, 5.41) is 10.7. The van der Waals surface area contributed by atoms with Gasteiger partial charge in [-0.05, 0) is 30.3 Å². The van der Waals surface area contributed by atoms with Gasteiger partial charge in [0.2, 0.25) is 0 Å². The van der Waals surface area contributed by atoms with Gasteiger partial charge in [-0.15, -0.1) is 0 Å². The third-order valence-electron chi connectivity index (χ3n) is 5.62. The molecule has 1 N–H and O–H groups in total. The summed E-state index contributed by atoms with van der Waals surface area (Å²) in [7, 11) is -2.15. The molecule has 1 fully saturated rings. The molecule has 0 amide bonds. The zero-order valence-corrected chi connectivity index (χ0v) is 17.0. The van der Waals surface area contributed by atoms with E-state index in [1.165, 1.54) is 0 Å². The standard InChI is InChI=1S/C20H28O5Si/c1-20(2,3)26(4,5)25-17-15-12-11-14(23-15)16(21)18(17)24-19(22)13-9-7-6-8-10-13/h6-12,14-18,21H,1-5H3/t14-,15+,16-,17+,18-/m0/s1. The van der Waals surface area contributed by atoms with E-state index in [0.717, 1.165) is 0 Å². The van der Waals surface area contributed by atoms with Gasteiger partial charge in [-0.25, -0.2) is 4.79 Å². The second-order valence-corrected chi connectivity index (χ2v) is 13.3. The Morgan fingerprint density at radius 1 is 1.08 bits per heavy atom. The van der Waals surface area contributed by atoms with Gasteiger partial charge < -0.3 is 19.0 Å². The number of ether oxygens (including phenoxy) is 2. The van der Waals surface area contributed by atoms with Crippen molar-refractivity contribution >= 4 is 14.3 Å². The summed E-state index contributed by atoms with van der Waals surface area (Å²) in [6.45, 7) is 10.7. The molecule has 0 unspecified atom stereocenters. The summed E-state index contributed by atoms with van der Waals surface area (Å²) in [6, 6.07) is 8.81. The fourth-order valence-electron chi connectivity index (χ4n) is 2.99. The Morgan fingerprint density at radius 2 is 1.69 bits per heavy atom. The molecule has 3 rings (SSSR count). The molecule has 2 bridgehead atoms. The van der Waals surface area contributed by atoms with Gasteiger partial charge in [0, 0.05) is 0 Å². The highest BCUT2D eigenvalue weighted by Gasteiger charge is 2.52. The normalized spacial score (nSPS) is 31.1. The lowest BCUT2D eigenvalue weighted by molar-refractivity contribution is -0.183. The maximum absolute atomic E-state index is 12.6. The molecule has 1 saturated heterocycles. The molecule has 2 aliphatic heterocycles. The highest BCUT2D eigenvalue weighted by molar-refractivity contribution is 6.74. The van der Waals surface area contributed by atoms with Crippen LogP contribution in [0.4, 0.5) is 0 Å². The fourth-order valence-corrected chi connectivity index (χ4v) is 4.30. The molecule has 0 aromatic heterocycles. The number of carbonyl (C=O) groups is 1. The van der Waals surface area contributed by atoms with Crippen LogP contribution in [-0.4, -0.2) is 49.9 Å². The number of rotatable bonds is 4. The second kappa shape index (κ2) is 6.92. The molecule has 1 aromatic carbocycles. The van der Waals surface area contributed by atoms with Crippen molar-refractivity contribution in [1.82, 2.24) is 0 Å². The largest absolute Gasteiger partial charge is 0.453 e. The topological polar surface area (TPSA) is 65.0 Å². The first-order chi connectivity index (χ1) is 12.1. The number of benzene rings is 1. The summed E-state index contributed by atoms with van der Waals surface area (Å²) in [4.78, 5) is 12.6. The van der Waals surface area contributed by atoms with Gasteiger partial charge in [0.25, 0.3) is 0 Å². The number of aliphatic hydroxyl groups is 1. The highest BCUT2D eigenvalue weighted by atomic mass is 28.4. The van der Waals surface area contributed by atoms with Crippen LogP contribution in [-0.2, 0) is 13.9 Å². The molecule has 0 aliphatic carbocycles. The van der Waals surface area contributed by atoms with Gasteiger partial charge in [-0.3, -0.25) is 0 Å². The van der Waals surface area contributed by atoms with Crippen LogP contribution in [0.3, 0.4) is 0 Å². The van der Waals surface area contributed by atoms with Crippen LogP contribution in [0.2, 0.25) is 18.1 Å². The maximum atomic E-state index is 12.6. The third kappa shape index (κ3) is 3.64.